The zero-order valence-electron chi connectivity index (χ0n) is 19.2. The van der Waals surface area contributed by atoms with Gasteiger partial charge in [0.25, 0.3) is 0 Å². The fraction of sp³-hybridized carbons (Fsp3) is 0.773. The number of nitrogens with zero attached hydrogens (tertiary/aromatic N) is 3. The highest BCUT2D eigenvalue weighted by molar-refractivity contribution is 5.84. The van der Waals surface area contributed by atoms with Gasteiger partial charge in [0.1, 0.15) is 11.4 Å². The molecular formula is C22H37N3O4. The summed E-state index contributed by atoms with van der Waals surface area (Å²) >= 11 is 0. The molecule has 1 aromatic rings. The number of amides is 2. The molecule has 0 aromatic carbocycles. The third-order valence-corrected chi connectivity index (χ3v) is 5.43. The highest BCUT2D eigenvalue weighted by atomic mass is 16.6. The van der Waals surface area contributed by atoms with Crippen LogP contribution in [0.2, 0.25) is 0 Å². The number of ether oxygens (including phenoxy) is 1. The van der Waals surface area contributed by atoms with Crippen LogP contribution in [0, 0.1) is 19.8 Å². The number of carbonyl (C=O) groups excluding carboxylic acids is 2. The van der Waals surface area contributed by atoms with Gasteiger partial charge in [0.2, 0.25) is 5.91 Å². The van der Waals surface area contributed by atoms with E-state index < -0.39 is 5.60 Å². The standard InChI is InChI=1S/C22H37N3O4/c1-14(2)25(21(27)28-22(6,7)8)13-18-10-9-11-24(12-18)20(26)15(3)19-16(4)23-29-17(19)5/h14-15,18H,9-13H2,1-8H3. The lowest BCUT2D eigenvalue weighted by Gasteiger charge is -2.38. The molecule has 7 heteroatoms. The number of aromatic nitrogens is 1. The van der Waals surface area contributed by atoms with E-state index in [2.05, 4.69) is 5.16 Å². The summed E-state index contributed by atoms with van der Waals surface area (Å²) in [6.07, 6.45) is 1.64. The molecule has 0 saturated carbocycles. The predicted octanol–water partition coefficient (Wildman–Crippen LogP) is 4.28. The Balaban J connectivity index is 2.05. The van der Waals surface area contributed by atoms with Gasteiger partial charge < -0.3 is 19.1 Å². The maximum absolute atomic E-state index is 13.1. The maximum atomic E-state index is 13.1. The number of hydrogen-bond donors (Lipinski definition) is 0. The van der Waals surface area contributed by atoms with Crippen LogP contribution >= 0.6 is 0 Å². The topological polar surface area (TPSA) is 75.9 Å². The van der Waals surface area contributed by atoms with Crippen LogP contribution in [0.5, 0.6) is 0 Å². The first-order chi connectivity index (χ1) is 13.4. The van der Waals surface area contributed by atoms with Crippen LogP contribution in [0.25, 0.3) is 0 Å². The molecule has 0 N–H and O–H groups in total. The van der Waals surface area contributed by atoms with E-state index in [1.807, 2.05) is 60.3 Å². The van der Waals surface area contributed by atoms with Gasteiger partial charge in [0, 0.05) is 31.2 Å². The lowest BCUT2D eigenvalue weighted by molar-refractivity contribution is -0.134. The highest BCUT2D eigenvalue weighted by Gasteiger charge is 2.33. The fourth-order valence-electron chi connectivity index (χ4n) is 4.01. The van der Waals surface area contributed by atoms with Crippen LogP contribution in [0.3, 0.4) is 0 Å². The second-order valence-electron chi connectivity index (χ2n) is 9.48. The van der Waals surface area contributed by atoms with E-state index >= 15 is 0 Å². The average Bonchev–Trinajstić information content (AvgIpc) is 2.95. The molecule has 1 saturated heterocycles. The van der Waals surface area contributed by atoms with Crippen LogP contribution in [0.15, 0.2) is 4.52 Å². The van der Waals surface area contributed by atoms with E-state index in [-0.39, 0.29) is 29.9 Å². The fourth-order valence-corrected chi connectivity index (χ4v) is 4.01. The Labute approximate surface area is 174 Å². The molecule has 1 aromatic heterocycles. The van der Waals surface area contributed by atoms with Crippen LogP contribution in [-0.4, -0.2) is 58.2 Å². The van der Waals surface area contributed by atoms with Crippen molar-refractivity contribution in [3.63, 3.8) is 0 Å². The SMILES string of the molecule is Cc1noc(C)c1C(C)C(=O)N1CCCC(CN(C(=O)OC(C)(C)C)C(C)C)C1. The molecule has 0 spiro atoms. The lowest BCUT2D eigenvalue weighted by atomic mass is 9.93. The van der Waals surface area contributed by atoms with Gasteiger partial charge in [0.05, 0.1) is 11.6 Å². The Morgan fingerprint density at radius 3 is 2.45 bits per heavy atom. The van der Waals surface area contributed by atoms with E-state index in [1.54, 1.807) is 4.90 Å². The third-order valence-electron chi connectivity index (χ3n) is 5.43. The first-order valence-corrected chi connectivity index (χ1v) is 10.6. The Kier molecular flexibility index (Phi) is 7.35. The molecule has 2 heterocycles. The van der Waals surface area contributed by atoms with Gasteiger partial charge in [-0.15, -0.1) is 0 Å². The maximum Gasteiger partial charge on any atom is 0.410 e. The first kappa shape index (κ1) is 23.2. The minimum Gasteiger partial charge on any atom is -0.444 e. The first-order valence-electron chi connectivity index (χ1n) is 10.6. The molecule has 164 valence electrons. The van der Waals surface area contributed by atoms with E-state index in [9.17, 15) is 9.59 Å². The summed E-state index contributed by atoms with van der Waals surface area (Å²) in [4.78, 5) is 29.5. The molecule has 1 aliphatic heterocycles. The van der Waals surface area contributed by atoms with E-state index in [1.165, 1.54) is 0 Å². The normalized spacial score (nSPS) is 18.7. The van der Waals surface area contributed by atoms with Gasteiger partial charge in [-0.25, -0.2) is 4.79 Å². The largest absolute Gasteiger partial charge is 0.444 e. The van der Waals surface area contributed by atoms with Crippen molar-refractivity contribution >= 4 is 12.0 Å². The molecule has 2 unspecified atom stereocenters. The third kappa shape index (κ3) is 5.97. The van der Waals surface area contributed by atoms with Crippen molar-refractivity contribution in [1.29, 1.82) is 0 Å². The van der Waals surface area contributed by atoms with Crippen molar-refractivity contribution in [2.45, 2.75) is 85.8 Å². The van der Waals surface area contributed by atoms with Crippen molar-refractivity contribution < 1.29 is 18.8 Å². The van der Waals surface area contributed by atoms with Gasteiger partial charge in [-0.1, -0.05) is 5.16 Å². The molecule has 0 radical (unpaired) electrons. The van der Waals surface area contributed by atoms with Gasteiger partial charge in [-0.05, 0) is 74.1 Å². The number of likely N-dealkylation sites (tertiary alicyclic amines) is 1. The lowest BCUT2D eigenvalue weighted by Crippen LogP contribution is -2.48. The molecule has 0 aliphatic carbocycles. The zero-order chi connectivity index (χ0) is 21.9. The number of aryl methyl sites for hydroxylation is 2. The molecule has 0 bridgehead atoms. The van der Waals surface area contributed by atoms with Gasteiger partial charge in [-0.3, -0.25) is 4.79 Å². The molecule has 7 nitrogen and oxygen atoms in total. The van der Waals surface area contributed by atoms with Crippen LogP contribution in [-0.2, 0) is 9.53 Å². The monoisotopic (exact) mass is 407 g/mol. The second kappa shape index (κ2) is 9.18. The van der Waals surface area contributed by atoms with Crippen molar-refractivity contribution in [1.82, 2.24) is 15.0 Å². The van der Waals surface area contributed by atoms with Gasteiger partial charge in [0.15, 0.2) is 0 Å². The minimum atomic E-state index is -0.525. The molecular weight excluding hydrogens is 370 g/mol. The van der Waals surface area contributed by atoms with E-state index in [4.69, 9.17) is 9.26 Å². The highest BCUT2D eigenvalue weighted by Crippen LogP contribution is 2.28. The quantitative estimate of drug-likeness (QED) is 0.728. The van der Waals surface area contributed by atoms with Crippen LogP contribution < -0.4 is 0 Å². The number of hydrogen-bond acceptors (Lipinski definition) is 5. The molecule has 1 aliphatic rings. The summed E-state index contributed by atoms with van der Waals surface area (Å²) in [6, 6.07) is 0.0390. The summed E-state index contributed by atoms with van der Waals surface area (Å²) in [5.41, 5.74) is 1.13. The second-order valence-corrected chi connectivity index (χ2v) is 9.48. The summed E-state index contributed by atoms with van der Waals surface area (Å²) in [5, 5.41) is 3.98. The van der Waals surface area contributed by atoms with Crippen molar-refractivity contribution in [3.8, 4) is 0 Å². The van der Waals surface area contributed by atoms with Crippen molar-refractivity contribution in [2.24, 2.45) is 5.92 Å². The van der Waals surface area contributed by atoms with Gasteiger partial charge >= 0.3 is 6.09 Å². The average molecular weight is 408 g/mol. The summed E-state index contributed by atoms with van der Waals surface area (Å²) in [7, 11) is 0. The van der Waals surface area contributed by atoms with Crippen LogP contribution in [0.4, 0.5) is 4.79 Å². The minimum absolute atomic E-state index is 0.0390. The van der Waals surface area contributed by atoms with Crippen molar-refractivity contribution in [2.75, 3.05) is 19.6 Å². The number of carbonyl (C=O) groups is 2. The Hall–Kier alpha value is -2.05. The molecule has 2 rings (SSSR count). The Morgan fingerprint density at radius 1 is 1.28 bits per heavy atom. The Bertz CT molecular complexity index is 701. The number of rotatable bonds is 5. The predicted molar refractivity (Wildman–Crippen MR) is 112 cm³/mol. The summed E-state index contributed by atoms with van der Waals surface area (Å²) < 4.78 is 10.8. The van der Waals surface area contributed by atoms with E-state index in [0.29, 0.717) is 18.8 Å². The van der Waals surface area contributed by atoms with Gasteiger partial charge in [-0.2, -0.15) is 0 Å². The molecule has 1 fully saturated rings. The zero-order valence-corrected chi connectivity index (χ0v) is 19.2. The summed E-state index contributed by atoms with van der Waals surface area (Å²) in [5.74, 6) is 0.747. The summed E-state index contributed by atoms with van der Waals surface area (Å²) in [6.45, 7) is 17.2. The van der Waals surface area contributed by atoms with E-state index in [0.717, 1.165) is 30.6 Å². The van der Waals surface area contributed by atoms with Crippen LogP contribution in [0.1, 0.15) is 77.3 Å². The molecule has 2 amide bonds. The molecule has 2 atom stereocenters. The molecule has 29 heavy (non-hydrogen) atoms. The van der Waals surface area contributed by atoms with Crippen molar-refractivity contribution in [3.05, 3.63) is 17.0 Å². The smallest absolute Gasteiger partial charge is 0.410 e. The Morgan fingerprint density at radius 2 is 1.93 bits per heavy atom. The number of piperidine rings is 1.